The molecule has 1 aromatic carbocycles. The Balaban J connectivity index is 1.44. The molecule has 1 heterocycles. The van der Waals surface area contributed by atoms with Crippen molar-refractivity contribution in [3.05, 3.63) is 34.5 Å². The van der Waals surface area contributed by atoms with Gasteiger partial charge in [0.2, 0.25) is 0 Å². The molecular formula is C18H22BrNO. The third kappa shape index (κ3) is 3.04. The Bertz CT molecular complexity index is 630. The van der Waals surface area contributed by atoms with E-state index in [2.05, 4.69) is 40.3 Å². The van der Waals surface area contributed by atoms with Crippen LogP contribution in [-0.4, -0.2) is 6.54 Å². The quantitative estimate of drug-likeness (QED) is 0.768. The smallest absolute Gasteiger partial charge is 0.134 e. The molecule has 2 nitrogen and oxygen atoms in total. The number of furan rings is 1. The summed E-state index contributed by atoms with van der Waals surface area (Å²) in [6.45, 7) is 3.36. The molecule has 2 saturated carbocycles. The fourth-order valence-corrected chi connectivity index (χ4v) is 3.81. The van der Waals surface area contributed by atoms with Gasteiger partial charge in [0.15, 0.2) is 0 Å². The van der Waals surface area contributed by atoms with Crippen LogP contribution in [0.5, 0.6) is 0 Å². The van der Waals surface area contributed by atoms with Gasteiger partial charge in [0.1, 0.15) is 11.3 Å². The van der Waals surface area contributed by atoms with Crippen molar-refractivity contribution in [3.8, 4) is 0 Å². The number of rotatable bonds is 6. The molecule has 0 aliphatic heterocycles. The van der Waals surface area contributed by atoms with Gasteiger partial charge in [-0.25, -0.2) is 0 Å². The van der Waals surface area contributed by atoms with E-state index in [1.165, 1.54) is 31.1 Å². The highest BCUT2D eigenvalue weighted by atomic mass is 79.9. The molecular weight excluding hydrogens is 326 g/mol. The van der Waals surface area contributed by atoms with Crippen molar-refractivity contribution in [2.45, 2.75) is 38.6 Å². The predicted octanol–water partition coefficient (Wildman–Crippen LogP) is 5.28. The standard InChI is InChI=1S/C18H22BrNO/c1-11(20-10-16(12-2-3-12)13-4-5-13)18-9-14-8-15(19)6-7-17(14)21-18/h6-9,11-13,16,20H,2-5,10H2,1H3. The summed E-state index contributed by atoms with van der Waals surface area (Å²) in [7, 11) is 0. The highest BCUT2D eigenvalue weighted by Crippen LogP contribution is 2.49. The maximum absolute atomic E-state index is 5.99. The molecule has 4 rings (SSSR count). The van der Waals surface area contributed by atoms with Gasteiger partial charge in [0.05, 0.1) is 6.04 Å². The zero-order valence-corrected chi connectivity index (χ0v) is 14.0. The van der Waals surface area contributed by atoms with E-state index in [9.17, 15) is 0 Å². The third-order valence-electron chi connectivity index (χ3n) is 5.04. The minimum atomic E-state index is 0.288. The monoisotopic (exact) mass is 347 g/mol. The molecule has 2 aromatic rings. The van der Waals surface area contributed by atoms with E-state index in [0.717, 1.165) is 40.1 Å². The molecule has 1 N–H and O–H groups in total. The normalized spacial score (nSPS) is 20.3. The number of hydrogen-bond donors (Lipinski definition) is 1. The fourth-order valence-electron chi connectivity index (χ4n) is 3.43. The van der Waals surface area contributed by atoms with Gasteiger partial charge < -0.3 is 9.73 Å². The van der Waals surface area contributed by atoms with Gasteiger partial charge in [-0.2, -0.15) is 0 Å². The van der Waals surface area contributed by atoms with Gasteiger partial charge in [0, 0.05) is 9.86 Å². The summed E-state index contributed by atoms with van der Waals surface area (Å²) < 4.78 is 7.09. The Morgan fingerprint density at radius 3 is 2.57 bits per heavy atom. The van der Waals surface area contributed by atoms with Crippen molar-refractivity contribution in [2.24, 2.45) is 17.8 Å². The van der Waals surface area contributed by atoms with E-state index in [0.29, 0.717) is 0 Å². The van der Waals surface area contributed by atoms with Crippen molar-refractivity contribution >= 4 is 26.9 Å². The summed E-state index contributed by atoms with van der Waals surface area (Å²) in [5.41, 5.74) is 0.975. The van der Waals surface area contributed by atoms with Crippen LogP contribution in [0.4, 0.5) is 0 Å². The van der Waals surface area contributed by atoms with E-state index in [-0.39, 0.29) is 6.04 Å². The fraction of sp³-hybridized carbons (Fsp3) is 0.556. The molecule has 2 aliphatic carbocycles. The van der Waals surface area contributed by atoms with Crippen LogP contribution in [0, 0.1) is 17.8 Å². The molecule has 1 unspecified atom stereocenters. The van der Waals surface area contributed by atoms with Crippen molar-refractivity contribution in [1.29, 1.82) is 0 Å². The van der Waals surface area contributed by atoms with Crippen LogP contribution in [0.3, 0.4) is 0 Å². The number of hydrogen-bond acceptors (Lipinski definition) is 2. The lowest BCUT2D eigenvalue weighted by Gasteiger charge is -2.19. The van der Waals surface area contributed by atoms with E-state index in [1.54, 1.807) is 0 Å². The maximum Gasteiger partial charge on any atom is 0.134 e. The Morgan fingerprint density at radius 2 is 1.90 bits per heavy atom. The zero-order valence-electron chi connectivity index (χ0n) is 12.4. The largest absolute Gasteiger partial charge is 0.459 e. The summed E-state index contributed by atoms with van der Waals surface area (Å²) in [5.74, 6) is 3.96. The average molecular weight is 348 g/mol. The molecule has 0 radical (unpaired) electrons. The second-order valence-electron chi connectivity index (χ2n) is 6.80. The van der Waals surface area contributed by atoms with E-state index in [1.807, 2.05) is 12.1 Å². The van der Waals surface area contributed by atoms with Crippen LogP contribution < -0.4 is 5.32 Å². The highest BCUT2D eigenvalue weighted by molar-refractivity contribution is 9.10. The van der Waals surface area contributed by atoms with E-state index in [4.69, 9.17) is 4.42 Å². The third-order valence-corrected chi connectivity index (χ3v) is 5.53. The summed E-state index contributed by atoms with van der Waals surface area (Å²) >= 11 is 3.52. The lowest BCUT2D eigenvalue weighted by molar-refractivity contribution is 0.346. The predicted molar refractivity (Wildman–Crippen MR) is 89.3 cm³/mol. The molecule has 21 heavy (non-hydrogen) atoms. The summed E-state index contributed by atoms with van der Waals surface area (Å²) in [6.07, 6.45) is 5.82. The molecule has 0 amide bonds. The van der Waals surface area contributed by atoms with E-state index < -0.39 is 0 Å². The molecule has 2 aliphatic rings. The van der Waals surface area contributed by atoms with Gasteiger partial charge in [-0.3, -0.25) is 0 Å². The molecule has 1 aromatic heterocycles. The first-order chi connectivity index (χ1) is 10.2. The van der Waals surface area contributed by atoms with Crippen LogP contribution in [-0.2, 0) is 0 Å². The Kier molecular flexibility index (Phi) is 3.58. The number of nitrogens with one attached hydrogen (secondary N) is 1. The Labute approximate surface area is 134 Å². The summed E-state index contributed by atoms with van der Waals surface area (Å²) in [5, 5.41) is 4.89. The Morgan fingerprint density at radius 1 is 1.19 bits per heavy atom. The average Bonchev–Trinajstić information content (AvgIpc) is 3.37. The van der Waals surface area contributed by atoms with Crippen molar-refractivity contribution in [3.63, 3.8) is 0 Å². The van der Waals surface area contributed by atoms with E-state index >= 15 is 0 Å². The first-order valence-electron chi connectivity index (χ1n) is 8.13. The minimum Gasteiger partial charge on any atom is -0.459 e. The molecule has 0 saturated heterocycles. The van der Waals surface area contributed by atoms with Gasteiger partial charge >= 0.3 is 0 Å². The van der Waals surface area contributed by atoms with Crippen LogP contribution in [0.25, 0.3) is 11.0 Å². The number of fused-ring (bicyclic) bond motifs is 1. The van der Waals surface area contributed by atoms with Crippen LogP contribution in [0.1, 0.15) is 44.4 Å². The van der Waals surface area contributed by atoms with Crippen LogP contribution >= 0.6 is 15.9 Å². The van der Waals surface area contributed by atoms with Crippen molar-refractivity contribution < 1.29 is 4.42 Å². The first kappa shape index (κ1) is 13.8. The molecule has 2 fully saturated rings. The van der Waals surface area contributed by atoms with Gasteiger partial charge in [0.25, 0.3) is 0 Å². The number of halogens is 1. The molecule has 0 spiro atoms. The minimum absolute atomic E-state index is 0.288. The van der Waals surface area contributed by atoms with Crippen molar-refractivity contribution in [2.75, 3.05) is 6.54 Å². The summed E-state index contributed by atoms with van der Waals surface area (Å²) in [4.78, 5) is 0. The zero-order chi connectivity index (χ0) is 14.4. The first-order valence-corrected chi connectivity index (χ1v) is 8.92. The molecule has 1 atom stereocenters. The number of benzene rings is 1. The molecule has 0 bridgehead atoms. The second-order valence-corrected chi connectivity index (χ2v) is 7.72. The lowest BCUT2D eigenvalue weighted by Crippen LogP contribution is -2.27. The maximum atomic E-state index is 5.99. The molecule has 112 valence electrons. The van der Waals surface area contributed by atoms with Gasteiger partial charge in [-0.15, -0.1) is 0 Å². The highest BCUT2D eigenvalue weighted by Gasteiger charge is 2.41. The topological polar surface area (TPSA) is 25.2 Å². The van der Waals surface area contributed by atoms with Crippen LogP contribution in [0.15, 0.2) is 33.2 Å². The molecule has 3 heteroatoms. The van der Waals surface area contributed by atoms with Crippen LogP contribution in [0.2, 0.25) is 0 Å². The second kappa shape index (κ2) is 5.44. The SMILES string of the molecule is CC(NCC(C1CC1)C1CC1)c1cc2cc(Br)ccc2o1. The lowest BCUT2D eigenvalue weighted by atomic mass is 9.97. The van der Waals surface area contributed by atoms with Gasteiger partial charge in [-0.05, 0) is 81.2 Å². The van der Waals surface area contributed by atoms with Gasteiger partial charge in [-0.1, -0.05) is 15.9 Å². The van der Waals surface area contributed by atoms with Crippen molar-refractivity contribution in [1.82, 2.24) is 5.32 Å². The summed E-state index contributed by atoms with van der Waals surface area (Å²) in [6, 6.07) is 8.64. The Hall–Kier alpha value is -0.800.